The van der Waals surface area contributed by atoms with Crippen LogP contribution < -0.4 is 4.80 Å². The van der Waals surface area contributed by atoms with Crippen molar-refractivity contribution >= 4 is 33.4 Å². The molecule has 1 amide bonds. The van der Waals surface area contributed by atoms with E-state index in [0.717, 1.165) is 17.0 Å². The predicted molar refractivity (Wildman–Crippen MR) is 115 cm³/mol. The second-order valence-electron chi connectivity index (χ2n) is 6.70. The molecule has 0 saturated carbocycles. The Balaban J connectivity index is 1.78. The van der Waals surface area contributed by atoms with Gasteiger partial charge in [0.1, 0.15) is 12.4 Å². The van der Waals surface area contributed by atoms with Gasteiger partial charge in [0.25, 0.3) is 5.91 Å². The Hall–Kier alpha value is -3.59. The highest BCUT2D eigenvalue weighted by Crippen LogP contribution is 2.20. The maximum Gasteiger partial charge on any atom is 0.326 e. The van der Waals surface area contributed by atoms with E-state index in [-0.39, 0.29) is 18.0 Å². The average molecular weight is 438 g/mol. The number of esters is 1. The Morgan fingerprint density at radius 3 is 2.71 bits per heavy atom. The molecule has 0 spiro atoms. The van der Waals surface area contributed by atoms with E-state index in [4.69, 9.17) is 4.74 Å². The van der Waals surface area contributed by atoms with Gasteiger partial charge in [-0.05, 0) is 44.2 Å². The van der Waals surface area contributed by atoms with E-state index in [1.165, 1.54) is 18.3 Å². The van der Waals surface area contributed by atoms with Crippen LogP contribution in [0.3, 0.4) is 0 Å². The predicted octanol–water partition coefficient (Wildman–Crippen LogP) is 3.64. The number of carbonyl (C=O) groups excluding carboxylic acids is 2. The van der Waals surface area contributed by atoms with Crippen molar-refractivity contribution in [3.8, 4) is 5.69 Å². The highest BCUT2D eigenvalue weighted by molar-refractivity contribution is 7.16. The second kappa shape index (κ2) is 8.65. The quantitative estimate of drug-likeness (QED) is 0.446. The zero-order valence-electron chi connectivity index (χ0n) is 16.9. The van der Waals surface area contributed by atoms with Crippen LogP contribution in [0.5, 0.6) is 0 Å². The molecule has 0 unspecified atom stereocenters. The van der Waals surface area contributed by atoms with E-state index in [1.807, 2.05) is 30.3 Å². The molecule has 158 valence electrons. The van der Waals surface area contributed by atoms with E-state index in [1.54, 1.807) is 29.2 Å². The number of thiazole rings is 1. The summed E-state index contributed by atoms with van der Waals surface area (Å²) in [7, 11) is 0. The van der Waals surface area contributed by atoms with Crippen molar-refractivity contribution in [2.24, 2.45) is 4.99 Å². The third-order valence-electron chi connectivity index (χ3n) is 4.68. The molecule has 2 aromatic heterocycles. The SMILES string of the molecule is CCOC(=O)Cn1c(=NC(=O)c2cnn(-c3ccccc3)c2C)sc2cc(F)ccc21. The maximum atomic E-state index is 13.7. The number of hydrogen-bond acceptors (Lipinski definition) is 5. The molecule has 0 fully saturated rings. The largest absolute Gasteiger partial charge is 0.465 e. The van der Waals surface area contributed by atoms with Crippen LogP contribution in [-0.2, 0) is 16.1 Å². The summed E-state index contributed by atoms with van der Waals surface area (Å²) >= 11 is 1.13. The third-order valence-corrected chi connectivity index (χ3v) is 5.72. The van der Waals surface area contributed by atoms with E-state index >= 15 is 0 Å². The lowest BCUT2D eigenvalue weighted by atomic mass is 10.2. The Kier molecular flexibility index (Phi) is 5.77. The van der Waals surface area contributed by atoms with Crippen molar-refractivity contribution in [1.82, 2.24) is 14.3 Å². The summed E-state index contributed by atoms with van der Waals surface area (Å²) in [6.45, 7) is 3.61. The number of carbonyl (C=O) groups is 2. The van der Waals surface area contributed by atoms with Crippen molar-refractivity contribution in [2.45, 2.75) is 20.4 Å². The average Bonchev–Trinajstić information content (AvgIpc) is 3.29. The summed E-state index contributed by atoms with van der Waals surface area (Å²) < 4.78 is 22.5. The van der Waals surface area contributed by atoms with E-state index < -0.39 is 17.7 Å². The van der Waals surface area contributed by atoms with E-state index in [0.29, 0.717) is 21.5 Å². The zero-order chi connectivity index (χ0) is 22.0. The van der Waals surface area contributed by atoms with E-state index in [9.17, 15) is 14.0 Å². The molecule has 2 heterocycles. The molecular weight excluding hydrogens is 419 g/mol. The number of amides is 1. The lowest BCUT2D eigenvalue weighted by molar-refractivity contribution is -0.143. The fourth-order valence-electron chi connectivity index (χ4n) is 3.22. The van der Waals surface area contributed by atoms with Crippen LogP contribution in [0.15, 0.2) is 59.7 Å². The number of rotatable bonds is 5. The molecular formula is C22H19FN4O3S. The van der Waals surface area contributed by atoms with Crippen LogP contribution in [0.4, 0.5) is 4.39 Å². The van der Waals surface area contributed by atoms with Crippen LogP contribution >= 0.6 is 11.3 Å². The molecule has 7 nitrogen and oxygen atoms in total. The van der Waals surface area contributed by atoms with Gasteiger partial charge in [-0.3, -0.25) is 9.59 Å². The number of aromatic nitrogens is 3. The zero-order valence-corrected chi connectivity index (χ0v) is 17.7. The van der Waals surface area contributed by atoms with Crippen molar-refractivity contribution < 1.29 is 18.7 Å². The monoisotopic (exact) mass is 438 g/mol. The van der Waals surface area contributed by atoms with Crippen LogP contribution in [0.1, 0.15) is 23.0 Å². The van der Waals surface area contributed by atoms with Crippen molar-refractivity contribution in [1.29, 1.82) is 0 Å². The lowest BCUT2D eigenvalue weighted by Gasteiger charge is -2.05. The van der Waals surface area contributed by atoms with Crippen LogP contribution in [0.2, 0.25) is 0 Å². The number of ether oxygens (including phenoxy) is 1. The summed E-state index contributed by atoms with van der Waals surface area (Å²) in [5.74, 6) is -1.37. The molecule has 0 radical (unpaired) electrons. The molecule has 0 N–H and O–H groups in total. The van der Waals surface area contributed by atoms with Gasteiger partial charge in [0.15, 0.2) is 4.80 Å². The smallest absolute Gasteiger partial charge is 0.326 e. The first-order chi connectivity index (χ1) is 15.0. The highest BCUT2D eigenvalue weighted by atomic mass is 32.1. The lowest BCUT2D eigenvalue weighted by Crippen LogP contribution is -2.23. The molecule has 31 heavy (non-hydrogen) atoms. The van der Waals surface area contributed by atoms with Gasteiger partial charge in [-0.2, -0.15) is 10.1 Å². The number of benzene rings is 2. The number of nitrogens with zero attached hydrogens (tertiary/aromatic N) is 4. The minimum atomic E-state index is -0.496. The molecule has 0 aliphatic carbocycles. The van der Waals surface area contributed by atoms with Gasteiger partial charge in [-0.25, -0.2) is 9.07 Å². The highest BCUT2D eigenvalue weighted by Gasteiger charge is 2.17. The molecule has 2 aromatic carbocycles. The van der Waals surface area contributed by atoms with Crippen LogP contribution in [0.25, 0.3) is 15.9 Å². The molecule has 4 aromatic rings. The minimum Gasteiger partial charge on any atom is -0.465 e. The molecule has 0 saturated heterocycles. The Bertz CT molecular complexity index is 1340. The molecule has 0 aliphatic rings. The van der Waals surface area contributed by atoms with Crippen molar-refractivity contribution in [2.75, 3.05) is 6.61 Å². The number of hydrogen-bond donors (Lipinski definition) is 0. The fourth-order valence-corrected chi connectivity index (χ4v) is 4.27. The van der Waals surface area contributed by atoms with Crippen molar-refractivity contribution in [3.63, 3.8) is 0 Å². The van der Waals surface area contributed by atoms with Gasteiger partial charge >= 0.3 is 5.97 Å². The number of para-hydroxylation sites is 1. The van der Waals surface area contributed by atoms with Gasteiger partial charge < -0.3 is 9.30 Å². The summed E-state index contributed by atoms with van der Waals surface area (Å²) in [6.07, 6.45) is 1.47. The van der Waals surface area contributed by atoms with Gasteiger partial charge in [0, 0.05) is 0 Å². The molecule has 4 rings (SSSR count). The fraction of sp³-hybridized carbons (Fsp3) is 0.182. The first-order valence-electron chi connectivity index (χ1n) is 9.61. The standard InChI is InChI=1S/C22H19FN4O3S/c1-3-30-20(28)13-26-18-10-9-15(23)11-19(18)31-22(26)25-21(29)17-12-24-27(14(17)2)16-7-5-4-6-8-16/h4-12H,3,13H2,1-2H3. The Morgan fingerprint density at radius 2 is 1.97 bits per heavy atom. The second-order valence-corrected chi connectivity index (χ2v) is 7.70. The summed E-state index contributed by atoms with van der Waals surface area (Å²) in [5, 5.41) is 4.31. The summed E-state index contributed by atoms with van der Waals surface area (Å²) in [5.41, 5.74) is 2.41. The van der Waals surface area contributed by atoms with Gasteiger partial charge in [0.05, 0.1) is 40.0 Å². The first kappa shape index (κ1) is 20.7. The Labute approximate surface area is 181 Å². The van der Waals surface area contributed by atoms with Crippen LogP contribution in [0, 0.1) is 12.7 Å². The normalized spacial score (nSPS) is 11.8. The first-order valence-corrected chi connectivity index (χ1v) is 10.4. The molecule has 0 bridgehead atoms. The van der Waals surface area contributed by atoms with Crippen LogP contribution in [-0.4, -0.2) is 32.8 Å². The molecule has 0 aliphatic heterocycles. The van der Waals surface area contributed by atoms with Gasteiger partial charge in [-0.1, -0.05) is 29.5 Å². The third kappa shape index (κ3) is 4.17. The molecule has 0 atom stereocenters. The van der Waals surface area contributed by atoms with Crippen molar-refractivity contribution in [3.05, 3.63) is 76.6 Å². The minimum absolute atomic E-state index is 0.131. The number of fused-ring (bicyclic) bond motifs is 1. The summed E-state index contributed by atoms with van der Waals surface area (Å²) in [4.78, 5) is 29.6. The van der Waals surface area contributed by atoms with Gasteiger partial charge in [0.2, 0.25) is 0 Å². The Morgan fingerprint density at radius 1 is 1.19 bits per heavy atom. The van der Waals surface area contributed by atoms with E-state index in [2.05, 4.69) is 10.1 Å². The van der Waals surface area contributed by atoms with Gasteiger partial charge in [-0.15, -0.1) is 0 Å². The summed E-state index contributed by atoms with van der Waals surface area (Å²) in [6, 6.07) is 13.7. The maximum absolute atomic E-state index is 13.7. The molecule has 9 heteroatoms. The topological polar surface area (TPSA) is 78.5 Å². The number of halogens is 1.